The Bertz CT molecular complexity index is 1720. The Morgan fingerprint density at radius 1 is 0.276 bits per heavy atom. The minimum atomic E-state index is 0. The van der Waals surface area contributed by atoms with E-state index in [4.69, 9.17) is 5.73 Å². The third-order valence-corrected chi connectivity index (χ3v) is 13.0. The summed E-state index contributed by atoms with van der Waals surface area (Å²) in [5.41, 5.74) is 14.6. The van der Waals surface area contributed by atoms with Crippen LogP contribution in [0.15, 0.2) is 54.6 Å². The van der Waals surface area contributed by atoms with Crippen molar-refractivity contribution in [3.8, 4) is 0 Å². The van der Waals surface area contributed by atoms with E-state index in [1.54, 1.807) is 0 Å². The molecule has 0 aliphatic rings. The van der Waals surface area contributed by atoms with Crippen molar-refractivity contribution in [1.29, 1.82) is 0 Å². The molecule has 87 heavy (non-hydrogen) atoms. The van der Waals surface area contributed by atoms with E-state index >= 15 is 0 Å². The summed E-state index contributed by atoms with van der Waals surface area (Å²) in [6.07, 6.45) is 9.81. The molecule has 0 fully saturated rings. The predicted octanol–water partition coefficient (Wildman–Crippen LogP) is 8.12. The third-order valence-electron chi connectivity index (χ3n) is 13.0. The van der Waals surface area contributed by atoms with Gasteiger partial charge in [0.15, 0.2) is 0 Å². The van der Waals surface area contributed by atoms with Crippen LogP contribution >= 0.6 is 12.4 Å². The number of aldehydes is 3. The van der Waals surface area contributed by atoms with Gasteiger partial charge in [0.05, 0.1) is 0 Å². The zero-order chi connectivity index (χ0) is 64.0. The fourth-order valence-electron chi connectivity index (χ4n) is 8.71. The Hall–Kier alpha value is -3.60. The highest BCUT2D eigenvalue weighted by Crippen LogP contribution is 2.13. The maximum absolute atomic E-state index is 10.3. The summed E-state index contributed by atoms with van der Waals surface area (Å²) >= 11 is 0. The van der Waals surface area contributed by atoms with Crippen molar-refractivity contribution >= 4 is 31.3 Å². The lowest BCUT2D eigenvalue weighted by molar-refractivity contribution is 0.112. The van der Waals surface area contributed by atoms with Gasteiger partial charge in [-0.15, -0.1) is 12.4 Å². The minimum absolute atomic E-state index is 0. The molecule has 0 aliphatic carbocycles. The molecule has 502 valence electrons. The van der Waals surface area contributed by atoms with Gasteiger partial charge in [-0.3, -0.25) is 14.4 Å². The zero-order valence-electron chi connectivity index (χ0n) is 57.3. The molecule has 0 bridgehead atoms. The van der Waals surface area contributed by atoms with E-state index in [-0.39, 0.29) is 12.4 Å². The topological polar surface area (TPSA) is 234 Å². The molecule has 3 rings (SSSR count). The molecule has 0 aliphatic heterocycles. The summed E-state index contributed by atoms with van der Waals surface area (Å²) in [6, 6.07) is 22.4. The summed E-state index contributed by atoms with van der Waals surface area (Å²) < 4.78 is 0. The van der Waals surface area contributed by atoms with Crippen LogP contribution in [0.4, 0.5) is 0 Å². The number of rotatable bonds is 49. The van der Waals surface area contributed by atoms with Crippen LogP contribution in [0.5, 0.6) is 0 Å². The number of hydrogen-bond donors (Lipinski definition) is 14. The Balaban J connectivity index is 0. The van der Waals surface area contributed by atoms with Crippen LogP contribution in [0.25, 0.3) is 0 Å². The number of carbonyl (C=O) groups is 3. The molecule has 18 heteroatoms. The summed E-state index contributed by atoms with van der Waals surface area (Å²) in [7, 11) is 0. The quantitative estimate of drug-likeness (QED) is 0.0189. The molecule has 0 saturated heterocycles. The Kier molecular flexibility index (Phi) is 57.7. The molecule has 17 nitrogen and oxygen atoms in total. The largest absolute Gasteiger partial charge is 0.330 e. The summed E-state index contributed by atoms with van der Waals surface area (Å²) in [5, 5.41) is 45.9. The zero-order valence-corrected chi connectivity index (χ0v) is 58.1. The molecule has 3 aromatic rings. The average molecular weight is 1240 g/mol. The molecule has 0 heterocycles. The van der Waals surface area contributed by atoms with Gasteiger partial charge in [0.2, 0.25) is 0 Å². The van der Waals surface area contributed by atoms with Gasteiger partial charge in [0.1, 0.15) is 18.9 Å². The number of nitrogens with two attached hydrogens (primary N) is 1. The maximum Gasteiger partial charge on any atom is 0.150 e. The number of benzene rings is 3. The first-order valence-electron chi connectivity index (χ1n) is 33.1. The van der Waals surface area contributed by atoms with Crippen LogP contribution < -0.4 is 74.9 Å². The highest BCUT2D eigenvalue weighted by Gasteiger charge is 2.07. The van der Waals surface area contributed by atoms with E-state index < -0.39 is 0 Å². The van der Waals surface area contributed by atoms with E-state index in [0.717, 1.165) is 176 Å². The van der Waals surface area contributed by atoms with Crippen LogP contribution in [-0.2, 0) is 39.3 Å². The molecule has 0 unspecified atom stereocenters. The second-order valence-corrected chi connectivity index (χ2v) is 24.7. The molecule has 15 N–H and O–H groups in total. The van der Waals surface area contributed by atoms with E-state index in [0.29, 0.717) is 77.8 Å². The van der Waals surface area contributed by atoms with Crippen LogP contribution in [0.3, 0.4) is 0 Å². The summed E-state index contributed by atoms with van der Waals surface area (Å²) in [4.78, 5) is 30.9. The standard InChI is InChI=1S/2C27H54N6.C9H6O3.C6H16N2.ClH/c2*1-22(2)31-13-7-10-28-19-25-16-26(20-29-11-8-14-32-23(3)4)18-27(17-25)21-30-12-9-15-33-24(5)6;10-4-7-1-8(5-11)3-9(2-7)6-12;1-6(2)8-5-3-4-7;/h2*16-18,22-24,28-33H,7-15,19-21H2,1-6H3;1-6H;6,8H,3-5,7H2,1-2H3;1H. The van der Waals surface area contributed by atoms with Crippen molar-refractivity contribution in [2.75, 3.05) is 91.6 Å². The number of nitrogens with one attached hydrogen (secondary N) is 13. The molecule has 0 atom stereocenters. The third kappa shape index (κ3) is 56.1. The first-order chi connectivity index (χ1) is 41.3. The van der Waals surface area contributed by atoms with Crippen LogP contribution in [0.1, 0.15) is 206 Å². The highest BCUT2D eigenvalue weighted by atomic mass is 35.5. The van der Waals surface area contributed by atoms with Crippen LogP contribution in [-0.4, -0.2) is 153 Å². The van der Waals surface area contributed by atoms with Crippen molar-refractivity contribution in [2.45, 2.75) is 223 Å². The average Bonchev–Trinajstić information content (AvgIpc) is 3.68. The lowest BCUT2D eigenvalue weighted by atomic mass is 10.0. The second kappa shape index (κ2) is 58.8. The Morgan fingerprint density at radius 2 is 0.437 bits per heavy atom. The van der Waals surface area contributed by atoms with Crippen LogP contribution in [0.2, 0.25) is 0 Å². The van der Waals surface area contributed by atoms with Crippen molar-refractivity contribution in [1.82, 2.24) is 69.1 Å². The minimum Gasteiger partial charge on any atom is -0.330 e. The summed E-state index contributed by atoms with van der Waals surface area (Å²) in [6.45, 7) is 50.8. The van der Waals surface area contributed by atoms with Gasteiger partial charge in [0, 0.05) is 98.3 Å². The van der Waals surface area contributed by atoms with E-state index in [1.807, 2.05) is 0 Å². The SMILES string of the molecule is CC(C)NCCCN.CC(C)NCCCNCc1cc(CNCCCNC(C)C)cc(CNCCCNC(C)C)c1.CC(C)NCCCNCc1cc(CNCCCNC(C)C)cc(CNCCCNC(C)C)c1.Cl.O=Cc1cc(C=O)cc(C=O)c1. The number of carbonyl (C=O) groups excluding carboxylic acids is 3. The first kappa shape index (κ1) is 85.5. The van der Waals surface area contributed by atoms with Crippen molar-refractivity contribution in [3.05, 3.63) is 105 Å². The lowest BCUT2D eigenvalue weighted by Gasteiger charge is -2.14. The van der Waals surface area contributed by atoms with Gasteiger partial charge in [0.25, 0.3) is 0 Å². The van der Waals surface area contributed by atoms with Crippen LogP contribution in [0, 0.1) is 0 Å². The molecular formula is C69H131ClN14O3. The Labute approximate surface area is 537 Å². The second-order valence-electron chi connectivity index (χ2n) is 24.7. The molecule has 0 amide bonds. The van der Waals surface area contributed by atoms with Gasteiger partial charge >= 0.3 is 0 Å². The molecular weight excluding hydrogens is 1110 g/mol. The molecule has 3 aromatic carbocycles. The van der Waals surface area contributed by atoms with Gasteiger partial charge in [-0.1, -0.05) is 133 Å². The highest BCUT2D eigenvalue weighted by molar-refractivity contribution is 5.87. The summed E-state index contributed by atoms with van der Waals surface area (Å²) in [5.74, 6) is 0. The smallest absolute Gasteiger partial charge is 0.150 e. The van der Waals surface area contributed by atoms with E-state index in [9.17, 15) is 14.4 Å². The fraction of sp³-hybridized carbons (Fsp3) is 0.696. The molecule has 0 saturated carbocycles. The van der Waals surface area contributed by atoms with Gasteiger partial charge in [-0.25, -0.2) is 0 Å². The molecule has 0 spiro atoms. The van der Waals surface area contributed by atoms with Gasteiger partial charge < -0.3 is 74.9 Å². The predicted molar refractivity (Wildman–Crippen MR) is 376 cm³/mol. The first-order valence-corrected chi connectivity index (χ1v) is 33.1. The molecule has 0 aromatic heterocycles. The lowest BCUT2D eigenvalue weighted by Crippen LogP contribution is -2.27. The monoisotopic (exact) mass is 1240 g/mol. The Morgan fingerprint density at radius 3 is 0.575 bits per heavy atom. The van der Waals surface area contributed by atoms with Gasteiger partial charge in [-0.2, -0.15) is 0 Å². The van der Waals surface area contributed by atoms with Crippen molar-refractivity contribution < 1.29 is 14.4 Å². The number of hydrogen-bond acceptors (Lipinski definition) is 17. The maximum atomic E-state index is 10.3. The number of halogens is 1. The van der Waals surface area contributed by atoms with Crippen molar-refractivity contribution in [3.63, 3.8) is 0 Å². The van der Waals surface area contributed by atoms with E-state index in [1.165, 1.54) is 51.6 Å². The normalized spacial score (nSPS) is 11.2. The molecule has 0 radical (unpaired) electrons. The van der Waals surface area contributed by atoms with Crippen molar-refractivity contribution in [2.24, 2.45) is 5.73 Å². The fourth-order valence-corrected chi connectivity index (χ4v) is 8.71. The van der Waals surface area contributed by atoms with E-state index in [2.05, 4.69) is 202 Å². The van der Waals surface area contributed by atoms with Gasteiger partial charge in [-0.05, 0) is 188 Å².